The van der Waals surface area contributed by atoms with Crippen molar-refractivity contribution in [1.82, 2.24) is 0 Å². The number of aromatic hydroxyl groups is 1. The van der Waals surface area contributed by atoms with E-state index >= 15 is 0 Å². The summed E-state index contributed by atoms with van der Waals surface area (Å²) in [5.74, 6) is -4.62. The van der Waals surface area contributed by atoms with Gasteiger partial charge in [-0.15, -0.1) is 0 Å². The molecule has 1 atom stereocenters. The molecule has 0 fully saturated rings. The Hall–Kier alpha value is -4.73. The summed E-state index contributed by atoms with van der Waals surface area (Å²) in [5, 5.41) is 18.4. The number of benzene rings is 4. The van der Waals surface area contributed by atoms with Crippen molar-refractivity contribution in [2.75, 3.05) is 0 Å². The van der Waals surface area contributed by atoms with Gasteiger partial charge in [-0.25, -0.2) is 13.2 Å². The number of halogens is 6. The minimum Gasteiger partial charge on any atom is -0.503 e. The van der Waals surface area contributed by atoms with E-state index in [1.165, 1.54) is 30.3 Å². The number of carboxylic acids is 1. The molecular formula is C35H30F6O4. The van der Waals surface area contributed by atoms with Gasteiger partial charge < -0.3 is 14.9 Å². The first-order valence-corrected chi connectivity index (χ1v) is 14.1. The number of carboxylic acid groups (broad SMARTS) is 1. The highest BCUT2D eigenvalue weighted by Gasteiger charge is 2.30. The van der Waals surface area contributed by atoms with Crippen LogP contribution in [-0.4, -0.2) is 16.2 Å². The lowest BCUT2D eigenvalue weighted by Crippen LogP contribution is -2.04. The number of unbranched alkanes of at least 4 members (excludes halogenated alkanes) is 1. The fourth-order valence-electron chi connectivity index (χ4n) is 4.81. The van der Waals surface area contributed by atoms with Gasteiger partial charge in [-0.05, 0) is 89.9 Å². The average molecular weight is 629 g/mol. The van der Waals surface area contributed by atoms with Gasteiger partial charge in [0.2, 0.25) is 0 Å². The SMILES string of the molecule is O=C(O)CCCC[C@H](/C=C/c1cc(F)ccc1OCc1ccc(-c2ccc(C(F)(F)F)cc2)cc1)Cc1cc(F)c(O)c(F)c1. The Morgan fingerprint density at radius 2 is 1.44 bits per heavy atom. The van der Waals surface area contributed by atoms with Crippen molar-refractivity contribution in [1.29, 1.82) is 0 Å². The molecule has 236 valence electrons. The quantitative estimate of drug-likeness (QED) is 0.114. The molecule has 0 heterocycles. The molecule has 4 rings (SSSR count). The van der Waals surface area contributed by atoms with Gasteiger partial charge in [-0.2, -0.15) is 13.2 Å². The predicted molar refractivity (Wildman–Crippen MR) is 158 cm³/mol. The molecule has 0 aliphatic rings. The van der Waals surface area contributed by atoms with Crippen LogP contribution in [0.2, 0.25) is 0 Å². The molecule has 10 heteroatoms. The molecule has 0 amide bonds. The second-order valence-electron chi connectivity index (χ2n) is 10.6. The zero-order valence-corrected chi connectivity index (χ0v) is 24.0. The van der Waals surface area contributed by atoms with Crippen molar-refractivity contribution in [3.05, 3.63) is 125 Å². The Morgan fingerprint density at radius 1 is 0.822 bits per heavy atom. The van der Waals surface area contributed by atoms with Crippen LogP contribution in [0.5, 0.6) is 11.5 Å². The Bertz CT molecular complexity index is 1610. The third kappa shape index (κ3) is 9.63. The van der Waals surface area contributed by atoms with Gasteiger partial charge in [0.25, 0.3) is 0 Å². The van der Waals surface area contributed by atoms with Crippen molar-refractivity contribution < 1.29 is 46.1 Å². The summed E-state index contributed by atoms with van der Waals surface area (Å²) in [4.78, 5) is 10.9. The summed E-state index contributed by atoms with van der Waals surface area (Å²) in [6.45, 7) is 0.116. The van der Waals surface area contributed by atoms with Gasteiger partial charge >= 0.3 is 12.1 Å². The first-order valence-electron chi connectivity index (χ1n) is 14.1. The van der Waals surface area contributed by atoms with Crippen molar-refractivity contribution in [3.8, 4) is 22.6 Å². The summed E-state index contributed by atoms with van der Waals surface area (Å²) >= 11 is 0. The van der Waals surface area contributed by atoms with Crippen molar-refractivity contribution in [3.63, 3.8) is 0 Å². The lowest BCUT2D eigenvalue weighted by Gasteiger charge is -2.15. The molecular weight excluding hydrogens is 598 g/mol. The second-order valence-corrected chi connectivity index (χ2v) is 10.6. The second kappa shape index (κ2) is 14.8. The molecule has 0 aliphatic carbocycles. The lowest BCUT2D eigenvalue weighted by molar-refractivity contribution is -0.138. The van der Waals surface area contributed by atoms with Crippen molar-refractivity contribution in [2.24, 2.45) is 5.92 Å². The van der Waals surface area contributed by atoms with Gasteiger partial charge in [0.1, 0.15) is 18.2 Å². The van der Waals surface area contributed by atoms with E-state index in [4.69, 9.17) is 9.84 Å². The smallest absolute Gasteiger partial charge is 0.416 e. The summed E-state index contributed by atoms with van der Waals surface area (Å²) in [6.07, 6.45) is 0.572. The summed E-state index contributed by atoms with van der Waals surface area (Å²) < 4.78 is 86.7. The van der Waals surface area contributed by atoms with E-state index in [2.05, 4.69) is 0 Å². The third-order valence-corrected chi connectivity index (χ3v) is 7.20. The van der Waals surface area contributed by atoms with Gasteiger partial charge in [0, 0.05) is 12.0 Å². The number of allylic oxidation sites excluding steroid dienone is 1. The Kier molecular flexibility index (Phi) is 10.9. The number of rotatable bonds is 13. The normalized spacial score (nSPS) is 12.4. The molecule has 0 bridgehead atoms. The van der Waals surface area contributed by atoms with E-state index in [-0.39, 0.29) is 25.4 Å². The molecule has 0 radical (unpaired) electrons. The highest BCUT2D eigenvalue weighted by molar-refractivity contribution is 5.66. The maximum absolute atomic E-state index is 14.2. The molecule has 0 spiro atoms. The van der Waals surface area contributed by atoms with E-state index in [0.29, 0.717) is 41.7 Å². The molecule has 0 aromatic heterocycles. The molecule has 2 N–H and O–H groups in total. The Labute approximate surface area is 256 Å². The average Bonchev–Trinajstić information content (AvgIpc) is 3.00. The minimum atomic E-state index is -4.41. The maximum Gasteiger partial charge on any atom is 0.416 e. The summed E-state index contributed by atoms with van der Waals surface area (Å²) in [5.41, 5.74) is 2.09. The number of ether oxygens (including phenoxy) is 1. The van der Waals surface area contributed by atoms with Crippen LogP contribution < -0.4 is 4.74 Å². The molecule has 0 saturated carbocycles. The maximum atomic E-state index is 14.2. The van der Waals surface area contributed by atoms with E-state index < -0.39 is 40.9 Å². The number of carbonyl (C=O) groups is 1. The monoisotopic (exact) mass is 628 g/mol. The van der Waals surface area contributed by atoms with E-state index in [1.807, 2.05) is 0 Å². The molecule has 4 aromatic rings. The van der Waals surface area contributed by atoms with Gasteiger partial charge in [0.15, 0.2) is 17.4 Å². The number of hydrogen-bond donors (Lipinski definition) is 2. The van der Waals surface area contributed by atoms with Crippen LogP contribution in [0.25, 0.3) is 17.2 Å². The highest BCUT2D eigenvalue weighted by Crippen LogP contribution is 2.32. The molecule has 0 unspecified atom stereocenters. The number of hydrogen-bond acceptors (Lipinski definition) is 3. The minimum absolute atomic E-state index is 0.0217. The fourth-order valence-corrected chi connectivity index (χ4v) is 4.81. The summed E-state index contributed by atoms with van der Waals surface area (Å²) in [6, 6.07) is 18.0. The molecule has 0 saturated heterocycles. The fraction of sp³-hybridized carbons (Fsp3) is 0.229. The Balaban J connectivity index is 1.47. The van der Waals surface area contributed by atoms with Crippen molar-refractivity contribution in [2.45, 2.75) is 44.9 Å². The first kappa shape index (κ1) is 33.2. The molecule has 0 aliphatic heterocycles. The van der Waals surface area contributed by atoms with Crippen LogP contribution in [0.1, 0.15) is 47.9 Å². The van der Waals surface area contributed by atoms with Crippen LogP contribution in [0, 0.1) is 23.4 Å². The number of phenols is 1. The van der Waals surface area contributed by atoms with Crippen LogP contribution in [0.4, 0.5) is 26.3 Å². The predicted octanol–water partition coefficient (Wildman–Crippen LogP) is 9.59. The van der Waals surface area contributed by atoms with Crippen LogP contribution in [-0.2, 0) is 24.0 Å². The van der Waals surface area contributed by atoms with Gasteiger partial charge in [-0.3, -0.25) is 4.79 Å². The zero-order chi connectivity index (χ0) is 32.6. The highest BCUT2D eigenvalue weighted by atomic mass is 19.4. The van der Waals surface area contributed by atoms with Gasteiger partial charge in [0.05, 0.1) is 5.56 Å². The lowest BCUT2D eigenvalue weighted by atomic mass is 9.92. The Morgan fingerprint density at radius 3 is 2.04 bits per heavy atom. The topological polar surface area (TPSA) is 66.8 Å². The molecule has 45 heavy (non-hydrogen) atoms. The summed E-state index contributed by atoms with van der Waals surface area (Å²) in [7, 11) is 0. The van der Waals surface area contributed by atoms with Crippen LogP contribution >= 0.6 is 0 Å². The molecule has 4 aromatic carbocycles. The zero-order valence-electron chi connectivity index (χ0n) is 24.0. The largest absolute Gasteiger partial charge is 0.503 e. The van der Waals surface area contributed by atoms with Crippen LogP contribution in [0.15, 0.2) is 84.9 Å². The number of phenolic OH excluding ortho intramolecular Hbond substituents is 1. The van der Waals surface area contributed by atoms with Crippen LogP contribution in [0.3, 0.4) is 0 Å². The number of alkyl halides is 3. The number of aliphatic carboxylic acids is 1. The third-order valence-electron chi connectivity index (χ3n) is 7.20. The first-order chi connectivity index (χ1) is 21.4. The van der Waals surface area contributed by atoms with Gasteiger partial charge in [-0.1, -0.05) is 55.0 Å². The van der Waals surface area contributed by atoms with E-state index in [1.54, 1.807) is 36.4 Å². The van der Waals surface area contributed by atoms with E-state index in [0.717, 1.165) is 35.4 Å². The standard InChI is InChI=1S/C35H30F6O4/c36-29-15-16-32(45-21-23-6-8-25(9-7-23)26-11-13-28(14-12-26)35(39,40)41)27(20-29)10-5-22(3-1-2-4-33(42)43)17-24-18-30(37)34(44)31(38)19-24/h5-16,18-20,22,44H,1-4,17,21H2,(H,42,43)/b10-5+/t22-/m1/s1. The molecule has 4 nitrogen and oxygen atoms in total. The van der Waals surface area contributed by atoms with Crippen molar-refractivity contribution >= 4 is 12.0 Å². The van der Waals surface area contributed by atoms with E-state index in [9.17, 15) is 36.2 Å².